The molecule has 3 nitrogen and oxygen atoms in total. The normalized spacial score (nSPS) is 10.7. The lowest BCUT2D eigenvalue weighted by Crippen LogP contribution is -1.87. The summed E-state index contributed by atoms with van der Waals surface area (Å²) in [4.78, 5) is 5.31. The number of alkyl halides is 1. The maximum Gasteiger partial charge on any atom is 0.227 e. The number of aromatic nitrogens is 2. The molecule has 1 aromatic carbocycles. The van der Waals surface area contributed by atoms with Crippen LogP contribution in [0.1, 0.15) is 11.7 Å². The standard InChI is InChI=1S/C11H10Cl2N2OS/c12-5-4-11-14-10(15-16-11)7-17-9-3-1-2-8(13)6-9/h1-3,6H,4-5,7H2. The Bertz CT molecular complexity index is 490. The Labute approximate surface area is 113 Å². The zero-order chi connectivity index (χ0) is 12.1. The molecule has 90 valence electrons. The second kappa shape index (κ2) is 6.28. The second-order valence-corrected chi connectivity index (χ2v) is 5.15. The summed E-state index contributed by atoms with van der Waals surface area (Å²) in [5.74, 6) is 2.41. The average Bonchev–Trinajstić information content (AvgIpc) is 2.75. The zero-order valence-corrected chi connectivity index (χ0v) is 11.2. The summed E-state index contributed by atoms with van der Waals surface area (Å²) in [6.45, 7) is 0. The first-order valence-electron chi connectivity index (χ1n) is 5.04. The van der Waals surface area contributed by atoms with Crippen molar-refractivity contribution in [3.8, 4) is 0 Å². The van der Waals surface area contributed by atoms with E-state index in [0.29, 0.717) is 29.8 Å². The molecule has 0 bridgehead atoms. The fourth-order valence-electron chi connectivity index (χ4n) is 1.24. The average molecular weight is 289 g/mol. The molecule has 0 fully saturated rings. The van der Waals surface area contributed by atoms with Gasteiger partial charge in [-0.2, -0.15) is 4.98 Å². The summed E-state index contributed by atoms with van der Waals surface area (Å²) in [5.41, 5.74) is 0. The monoisotopic (exact) mass is 288 g/mol. The van der Waals surface area contributed by atoms with Crippen LogP contribution in [0.3, 0.4) is 0 Å². The highest BCUT2D eigenvalue weighted by molar-refractivity contribution is 7.98. The molecule has 6 heteroatoms. The highest BCUT2D eigenvalue weighted by Gasteiger charge is 2.06. The quantitative estimate of drug-likeness (QED) is 0.620. The van der Waals surface area contributed by atoms with Crippen molar-refractivity contribution in [3.05, 3.63) is 41.0 Å². The van der Waals surface area contributed by atoms with Crippen molar-refractivity contribution in [2.24, 2.45) is 0 Å². The summed E-state index contributed by atoms with van der Waals surface area (Å²) in [6, 6.07) is 7.67. The van der Waals surface area contributed by atoms with E-state index in [1.165, 1.54) is 0 Å². The van der Waals surface area contributed by atoms with Crippen molar-refractivity contribution in [2.75, 3.05) is 5.88 Å². The van der Waals surface area contributed by atoms with Gasteiger partial charge < -0.3 is 4.52 Å². The van der Waals surface area contributed by atoms with Gasteiger partial charge in [-0.15, -0.1) is 23.4 Å². The molecule has 0 amide bonds. The van der Waals surface area contributed by atoms with E-state index < -0.39 is 0 Å². The number of halogens is 2. The van der Waals surface area contributed by atoms with Gasteiger partial charge in [0.2, 0.25) is 5.89 Å². The molecule has 0 atom stereocenters. The summed E-state index contributed by atoms with van der Waals surface area (Å²) in [6.07, 6.45) is 0.608. The molecule has 0 aliphatic heterocycles. The van der Waals surface area contributed by atoms with Crippen LogP contribution in [0.25, 0.3) is 0 Å². The molecular formula is C11H10Cl2N2OS. The Kier molecular flexibility index (Phi) is 4.71. The molecule has 0 aliphatic rings. The van der Waals surface area contributed by atoms with Crippen molar-refractivity contribution in [1.82, 2.24) is 10.1 Å². The number of thioether (sulfide) groups is 1. The predicted octanol–water partition coefficient (Wildman–Crippen LogP) is 3.80. The molecule has 0 unspecified atom stereocenters. The molecule has 2 aromatic rings. The van der Waals surface area contributed by atoms with Crippen LogP contribution in [0.4, 0.5) is 0 Å². The Morgan fingerprint density at radius 2 is 2.24 bits per heavy atom. The number of nitrogens with zero attached hydrogens (tertiary/aromatic N) is 2. The first-order chi connectivity index (χ1) is 8.28. The summed E-state index contributed by atoms with van der Waals surface area (Å²) in [7, 11) is 0. The molecule has 1 aromatic heterocycles. The van der Waals surface area contributed by atoms with E-state index in [-0.39, 0.29) is 0 Å². The Hall–Kier alpha value is -0.710. The van der Waals surface area contributed by atoms with Gasteiger partial charge in [-0.05, 0) is 18.2 Å². The Morgan fingerprint density at radius 1 is 1.35 bits per heavy atom. The van der Waals surface area contributed by atoms with E-state index in [0.717, 1.165) is 9.92 Å². The van der Waals surface area contributed by atoms with Crippen molar-refractivity contribution >= 4 is 35.0 Å². The van der Waals surface area contributed by atoms with Crippen molar-refractivity contribution in [1.29, 1.82) is 0 Å². The van der Waals surface area contributed by atoms with Crippen molar-refractivity contribution < 1.29 is 4.52 Å². The number of aryl methyl sites for hydroxylation is 1. The maximum atomic E-state index is 5.89. The fraction of sp³-hybridized carbons (Fsp3) is 0.273. The predicted molar refractivity (Wildman–Crippen MR) is 69.7 cm³/mol. The fourth-order valence-corrected chi connectivity index (χ4v) is 2.45. The van der Waals surface area contributed by atoms with Crippen LogP contribution in [-0.2, 0) is 12.2 Å². The van der Waals surface area contributed by atoms with Crippen LogP contribution in [0.5, 0.6) is 0 Å². The lowest BCUT2D eigenvalue weighted by Gasteiger charge is -1.98. The minimum Gasteiger partial charge on any atom is -0.339 e. The van der Waals surface area contributed by atoms with Gasteiger partial charge >= 0.3 is 0 Å². The Morgan fingerprint density at radius 3 is 3.00 bits per heavy atom. The molecular weight excluding hydrogens is 279 g/mol. The van der Waals surface area contributed by atoms with Gasteiger partial charge in [0.1, 0.15) is 0 Å². The minimum absolute atomic E-state index is 0.489. The van der Waals surface area contributed by atoms with Gasteiger partial charge in [0.05, 0.1) is 5.75 Å². The van der Waals surface area contributed by atoms with E-state index in [1.807, 2.05) is 24.3 Å². The highest BCUT2D eigenvalue weighted by Crippen LogP contribution is 2.24. The van der Waals surface area contributed by atoms with Gasteiger partial charge in [0.15, 0.2) is 5.82 Å². The van der Waals surface area contributed by atoms with Gasteiger partial charge in [0.25, 0.3) is 0 Å². The smallest absolute Gasteiger partial charge is 0.227 e. The van der Waals surface area contributed by atoms with E-state index in [9.17, 15) is 0 Å². The van der Waals surface area contributed by atoms with E-state index in [1.54, 1.807) is 11.8 Å². The zero-order valence-electron chi connectivity index (χ0n) is 8.90. The van der Waals surface area contributed by atoms with Crippen molar-refractivity contribution in [3.63, 3.8) is 0 Å². The molecule has 0 saturated heterocycles. The van der Waals surface area contributed by atoms with Crippen LogP contribution >= 0.6 is 35.0 Å². The molecule has 0 aliphatic carbocycles. The van der Waals surface area contributed by atoms with Gasteiger partial charge in [-0.3, -0.25) is 0 Å². The highest BCUT2D eigenvalue weighted by atomic mass is 35.5. The van der Waals surface area contributed by atoms with E-state index in [2.05, 4.69) is 10.1 Å². The summed E-state index contributed by atoms with van der Waals surface area (Å²) >= 11 is 13.1. The molecule has 2 rings (SSSR count). The molecule has 0 N–H and O–H groups in total. The third kappa shape index (κ3) is 3.91. The molecule has 0 radical (unpaired) electrons. The van der Waals surface area contributed by atoms with Crippen LogP contribution < -0.4 is 0 Å². The number of hydrogen-bond donors (Lipinski definition) is 0. The van der Waals surface area contributed by atoms with Crippen LogP contribution in [0, 0.1) is 0 Å². The van der Waals surface area contributed by atoms with Crippen LogP contribution in [0.2, 0.25) is 5.02 Å². The van der Waals surface area contributed by atoms with E-state index >= 15 is 0 Å². The van der Waals surface area contributed by atoms with Gasteiger partial charge in [-0.25, -0.2) is 0 Å². The topological polar surface area (TPSA) is 38.9 Å². The second-order valence-electron chi connectivity index (χ2n) is 3.29. The third-order valence-corrected chi connectivity index (χ3v) is 3.40. The number of rotatable bonds is 5. The number of hydrogen-bond acceptors (Lipinski definition) is 4. The van der Waals surface area contributed by atoms with Crippen molar-refractivity contribution in [2.45, 2.75) is 17.1 Å². The summed E-state index contributed by atoms with van der Waals surface area (Å²) in [5, 5.41) is 4.60. The largest absolute Gasteiger partial charge is 0.339 e. The third-order valence-electron chi connectivity index (χ3n) is 1.98. The number of benzene rings is 1. The van der Waals surface area contributed by atoms with Crippen LogP contribution in [-0.4, -0.2) is 16.0 Å². The van der Waals surface area contributed by atoms with Gasteiger partial charge in [-0.1, -0.05) is 22.8 Å². The SMILES string of the molecule is ClCCc1nc(CSc2cccc(Cl)c2)no1. The molecule has 0 spiro atoms. The van der Waals surface area contributed by atoms with Gasteiger partial charge in [0, 0.05) is 22.2 Å². The summed E-state index contributed by atoms with van der Waals surface area (Å²) < 4.78 is 5.03. The van der Waals surface area contributed by atoms with E-state index in [4.69, 9.17) is 27.7 Å². The first kappa shape index (κ1) is 12.7. The lowest BCUT2D eigenvalue weighted by atomic mass is 10.4. The lowest BCUT2D eigenvalue weighted by molar-refractivity contribution is 0.378. The molecule has 0 saturated carbocycles. The maximum absolute atomic E-state index is 5.89. The first-order valence-corrected chi connectivity index (χ1v) is 6.93. The molecule has 17 heavy (non-hydrogen) atoms. The minimum atomic E-state index is 0.489. The molecule has 1 heterocycles. The Balaban J connectivity index is 1.93. The van der Waals surface area contributed by atoms with Crippen LogP contribution in [0.15, 0.2) is 33.7 Å².